The summed E-state index contributed by atoms with van der Waals surface area (Å²) in [5, 5.41) is 58.9. The maximum atomic E-state index is 12.9. The van der Waals surface area contributed by atoms with E-state index < -0.39 is 84.9 Å². The van der Waals surface area contributed by atoms with Gasteiger partial charge in [-0.1, -0.05) is 0 Å². The van der Waals surface area contributed by atoms with Gasteiger partial charge in [0.05, 0.1) is 53.1 Å². The first-order valence-electron chi connectivity index (χ1n) is 14.7. The predicted octanol–water partition coefficient (Wildman–Crippen LogP) is -15.2. The molecule has 0 radical (unpaired) electrons. The van der Waals surface area contributed by atoms with Crippen molar-refractivity contribution in [3.8, 4) is 17.2 Å². The van der Waals surface area contributed by atoms with E-state index in [0.29, 0.717) is 18.5 Å². The van der Waals surface area contributed by atoms with Crippen molar-refractivity contribution in [1.82, 2.24) is 20.0 Å². The van der Waals surface area contributed by atoms with Crippen molar-refractivity contribution in [3.05, 3.63) is 46.6 Å². The Morgan fingerprint density at radius 1 is 0.667 bits per heavy atom. The molecule has 0 unspecified atom stereocenters. The van der Waals surface area contributed by atoms with Crippen LogP contribution in [-0.4, -0.2) is 128 Å². The third kappa shape index (κ3) is 26.6. The Labute approximate surface area is 475 Å². The Morgan fingerprint density at radius 2 is 1.09 bits per heavy atom. The molecular formula is C29H27EuI3N4Na3O16S. The van der Waals surface area contributed by atoms with Crippen LogP contribution in [0.25, 0.3) is 0 Å². The largest absolute Gasteiger partial charge is 3.00 e. The number of amides is 1. The minimum Gasteiger partial charge on any atom is -0.716 e. The number of nitrogens with one attached hydrogen (secondary N) is 1. The van der Waals surface area contributed by atoms with Crippen LogP contribution < -0.4 is 128 Å². The molecule has 296 valence electrons. The van der Waals surface area contributed by atoms with Gasteiger partial charge in [-0.05, 0) is 110 Å². The van der Waals surface area contributed by atoms with Gasteiger partial charge >= 0.3 is 138 Å². The molecule has 2 aromatic carbocycles. The summed E-state index contributed by atoms with van der Waals surface area (Å²) in [7, 11) is -5.00. The van der Waals surface area contributed by atoms with Crippen molar-refractivity contribution < 1.29 is 214 Å². The first-order valence-corrected chi connectivity index (χ1v) is 19.3. The van der Waals surface area contributed by atoms with E-state index in [1.54, 1.807) is 34.7 Å². The monoisotopic (exact) mass is 1320 g/mol. The van der Waals surface area contributed by atoms with Crippen molar-refractivity contribution in [2.75, 3.05) is 58.9 Å². The van der Waals surface area contributed by atoms with E-state index in [-0.39, 0.29) is 186 Å². The molecule has 0 aliphatic heterocycles. The summed E-state index contributed by atoms with van der Waals surface area (Å²) in [6, 6.07) is 5.56. The molecule has 1 N–H and O–H groups in total. The Morgan fingerprint density at radius 3 is 1.49 bits per heavy atom. The standard InChI is InChI=1S/C29H33I3N4O16S.Eu.3Na/c30-18-10-17(1-2-22(18)52-53(48,49)50)51-28-19(31)7-16(8-20(28)32)9-21(29(46)47)33-23(37)11-35(13-25(40)41)5-3-34(12-24(38)39)4-6-36(14-26(42)43)15-27(44)45;;;;/h1-2,7-8,10,21H,3-6,9,11-15H2,(H,33,37)(H,38,39)(H,40,41)(H,42,43)(H,44,45)(H,46,47)(H,48,49,50);;;;/q;+3;3*+1/p-6/t21-;;;;/m0..../s1. The zero-order valence-electron chi connectivity index (χ0n) is 30.3. The molecule has 1 amide bonds. The van der Waals surface area contributed by atoms with Gasteiger partial charge in [0.2, 0.25) is 5.91 Å². The summed E-state index contributed by atoms with van der Waals surface area (Å²) in [4.78, 5) is 72.6. The summed E-state index contributed by atoms with van der Waals surface area (Å²) < 4.78 is 44.3. The van der Waals surface area contributed by atoms with Crippen molar-refractivity contribution >= 4 is 114 Å². The number of rotatable bonds is 24. The summed E-state index contributed by atoms with van der Waals surface area (Å²) in [6.45, 7) is -4.82. The number of carbonyl (C=O) groups is 6. The molecule has 0 heterocycles. The van der Waals surface area contributed by atoms with Crippen LogP contribution in [0.4, 0.5) is 0 Å². The zero-order chi connectivity index (χ0) is 40.0. The van der Waals surface area contributed by atoms with E-state index in [0.717, 1.165) is 9.80 Å². The van der Waals surface area contributed by atoms with E-state index in [2.05, 4.69) is 9.50 Å². The Balaban J connectivity index is -0.00000729. The van der Waals surface area contributed by atoms with E-state index in [9.17, 15) is 67.3 Å². The molecule has 1 atom stereocenters. The third-order valence-corrected chi connectivity index (χ3v) is 9.50. The number of hydrogen-bond acceptors (Lipinski definition) is 19. The minimum atomic E-state index is -5.00. The van der Waals surface area contributed by atoms with Crippen molar-refractivity contribution in [1.29, 1.82) is 0 Å². The molecule has 0 aromatic heterocycles. The Hall–Kier alpha value is 1.42. The smallest absolute Gasteiger partial charge is 0.716 e. The summed E-state index contributed by atoms with van der Waals surface area (Å²) in [6.07, 6.45) is -0.276. The molecule has 0 spiro atoms. The van der Waals surface area contributed by atoms with Gasteiger partial charge in [-0.2, -0.15) is 0 Å². The predicted molar refractivity (Wildman–Crippen MR) is 191 cm³/mol. The normalized spacial score (nSPS) is 11.2. The number of carboxylic acid groups (broad SMARTS) is 5. The fourth-order valence-corrected chi connectivity index (χ4v) is 7.76. The van der Waals surface area contributed by atoms with Crippen LogP contribution in [0, 0.1) is 60.1 Å². The molecule has 0 fully saturated rings. The van der Waals surface area contributed by atoms with Crippen LogP contribution in [0.3, 0.4) is 0 Å². The molecular weight excluding hydrogens is 1290 g/mol. The van der Waals surface area contributed by atoms with Crippen molar-refractivity contribution in [2.24, 2.45) is 0 Å². The fourth-order valence-electron chi connectivity index (χ4n) is 4.53. The second-order valence-corrected chi connectivity index (χ2v) is 15.4. The van der Waals surface area contributed by atoms with Gasteiger partial charge in [-0.25, -0.2) is 8.42 Å². The van der Waals surface area contributed by atoms with Gasteiger partial charge in [0.1, 0.15) is 5.75 Å². The number of hydrogen-bond donors (Lipinski definition) is 1. The number of aliphatic carboxylic acids is 5. The van der Waals surface area contributed by atoms with E-state index in [1.807, 2.05) is 45.2 Å². The Kier molecular flexibility index (Phi) is 34.4. The molecule has 0 saturated heterocycles. The molecule has 20 nitrogen and oxygen atoms in total. The number of carbonyl (C=O) groups excluding carboxylic acids is 6. The number of benzene rings is 2. The van der Waals surface area contributed by atoms with Gasteiger partial charge < -0.3 is 68.3 Å². The molecule has 2 aromatic rings. The van der Waals surface area contributed by atoms with Gasteiger partial charge in [-0.15, -0.1) is 0 Å². The zero-order valence-corrected chi connectivity index (χ0v) is 46.0. The number of ether oxygens (including phenoxy) is 1. The van der Waals surface area contributed by atoms with E-state index in [4.69, 9.17) is 4.74 Å². The van der Waals surface area contributed by atoms with E-state index >= 15 is 0 Å². The summed E-state index contributed by atoms with van der Waals surface area (Å²) >= 11 is 5.61. The molecule has 28 heteroatoms. The van der Waals surface area contributed by atoms with Gasteiger partial charge in [0.25, 0.3) is 10.4 Å². The van der Waals surface area contributed by atoms with Crippen LogP contribution in [0.1, 0.15) is 5.56 Å². The average molecular weight is 1320 g/mol. The Bertz CT molecular complexity index is 1780. The molecule has 0 aliphatic carbocycles. The average Bonchev–Trinajstić information content (AvgIpc) is 2.99. The molecule has 57 heavy (non-hydrogen) atoms. The minimum absolute atomic E-state index is 0. The number of nitrogens with zero attached hydrogens (tertiary/aromatic N) is 3. The fraction of sp³-hybridized carbons (Fsp3) is 0.379. The quantitative estimate of drug-likeness (QED) is 0.0442. The van der Waals surface area contributed by atoms with E-state index in [1.165, 1.54) is 23.1 Å². The van der Waals surface area contributed by atoms with Gasteiger partial charge in [0, 0.05) is 52.4 Å². The van der Waals surface area contributed by atoms with Crippen LogP contribution in [-0.2, 0) is 45.6 Å². The third-order valence-electron chi connectivity index (χ3n) is 6.68. The maximum absolute atomic E-state index is 12.9. The second-order valence-electron chi connectivity index (χ2n) is 10.9. The van der Waals surface area contributed by atoms with Crippen molar-refractivity contribution in [3.63, 3.8) is 0 Å². The first-order chi connectivity index (χ1) is 24.6. The maximum Gasteiger partial charge on any atom is 3.00 e. The summed E-state index contributed by atoms with van der Waals surface area (Å²) in [5.74, 6) is -8.56. The first kappa shape index (κ1) is 62.7. The molecule has 0 bridgehead atoms. The summed E-state index contributed by atoms with van der Waals surface area (Å²) in [5.41, 5.74) is 0.426. The molecule has 0 saturated carbocycles. The van der Waals surface area contributed by atoms with Crippen LogP contribution in [0.15, 0.2) is 30.3 Å². The number of halogens is 3. The van der Waals surface area contributed by atoms with Gasteiger partial charge in [0.15, 0.2) is 11.5 Å². The van der Waals surface area contributed by atoms with Gasteiger partial charge in [-0.3, -0.25) is 19.5 Å². The topological polar surface area (TPSA) is 315 Å². The van der Waals surface area contributed by atoms with Crippen LogP contribution in [0.5, 0.6) is 17.2 Å². The second kappa shape index (κ2) is 31.3. The van der Waals surface area contributed by atoms with Crippen LogP contribution in [0.2, 0.25) is 0 Å². The molecule has 2 rings (SSSR count). The molecule has 0 aliphatic rings. The van der Waals surface area contributed by atoms with Crippen molar-refractivity contribution in [2.45, 2.75) is 12.5 Å². The SMILES string of the molecule is O=C([O-])CN(CCN(CC(=O)[O-])CC(=O)[O-])CCN(CC(=O)[O-])CC(=O)N[C@@H](Cc1cc(I)c(Oc2ccc(OS(=O)(=O)[O-])c(I)c2)c(I)c1)C(=O)[O-].[Eu+3].[Na+].[Na+].[Na+]. The number of carboxylic acids is 5. The van der Waals surface area contributed by atoms with Crippen LogP contribution >= 0.6 is 67.8 Å².